The Morgan fingerprint density at radius 3 is 2.47 bits per heavy atom. The fourth-order valence-electron chi connectivity index (χ4n) is 3.48. The summed E-state index contributed by atoms with van der Waals surface area (Å²) in [4.78, 5) is 26.7. The van der Waals surface area contributed by atoms with Gasteiger partial charge in [-0.2, -0.15) is 5.26 Å². The number of Topliss-reactive ketones (excluding diaryl/α,β-unsaturated/α-hetero) is 1. The number of nitriles is 1. The molecule has 152 valence electrons. The molecule has 30 heavy (non-hydrogen) atoms. The molecule has 0 atom stereocenters. The number of nitrogens with zero attached hydrogens (tertiary/aromatic N) is 5. The quantitative estimate of drug-likeness (QED) is 0.573. The number of hydrogen-bond acceptors (Lipinski definition) is 7. The van der Waals surface area contributed by atoms with Crippen LogP contribution in [0.5, 0.6) is 0 Å². The monoisotopic (exact) mass is 417 g/mol. The Bertz CT molecular complexity index is 1050. The lowest BCUT2D eigenvalue weighted by atomic mass is 10.0. The van der Waals surface area contributed by atoms with E-state index in [1.165, 1.54) is 16.9 Å². The maximum atomic E-state index is 12.8. The van der Waals surface area contributed by atoms with E-state index in [4.69, 9.17) is 0 Å². The maximum absolute atomic E-state index is 12.8. The van der Waals surface area contributed by atoms with Crippen LogP contribution in [-0.4, -0.2) is 58.8 Å². The lowest BCUT2D eigenvalue weighted by Crippen LogP contribution is -2.43. The summed E-state index contributed by atoms with van der Waals surface area (Å²) in [5, 5.41) is 10.2. The molecule has 0 amide bonds. The first kappa shape index (κ1) is 20.4. The maximum Gasteiger partial charge on any atom is 0.168 e. The summed E-state index contributed by atoms with van der Waals surface area (Å²) in [6, 6.07) is 13.7. The molecule has 0 unspecified atom stereocenters. The molecule has 7 heteroatoms. The van der Waals surface area contributed by atoms with Gasteiger partial charge in [0.05, 0.1) is 4.88 Å². The fraction of sp³-hybridized carbons (Fsp3) is 0.304. The van der Waals surface area contributed by atoms with Crippen molar-refractivity contribution >= 4 is 17.1 Å². The first-order chi connectivity index (χ1) is 14.6. The van der Waals surface area contributed by atoms with Crippen LogP contribution in [-0.2, 0) is 13.0 Å². The van der Waals surface area contributed by atoms with E-state index >= 15 is 0 Å². The lowest BCUT2D eigenvalue weighted by Gasteiger charge is -2.32. The predicted molar refractivity (Wildman–Crippen MR) is 117 cm³/mol. The average Bonchev–Trinajstić information content (AvgIpc) is 3.19. The first-order valence-electron chi connectivity index (χ1n) is 9.95. The molecule has 0 spiro atoms. The smallest absolute Gasteiger partial charge is 0.168 e. The highest BCUT2D eigenvalue weighted by molar-refractivity contribution is 7.15. The Morgan fingerprint density at radius 2 is 1.80 bits per heavy atom. The van der Waals surface area contributed by atoms with E-state index in [1.54, 1.807) is 12.4 Å². The Morgan fingerprint density at radius 1 is 1.10 bits per heavy atom. The van der Waals surface area contributed by atoms with Crippen LogP contribution in [0.3, 0.4) is 0 Å². The summed E-state index contributed by atoms with van der Waals surface area (Å²) in [5.74, 6) is 0.00238. The van der Waals surface area contributed by atoms with Crippen molar-refractivity contribution < 1.29 is 4.79 Å². The Balaban J connectivity index is 1.43. The van der Waals surface area contributed by atoms with Gasteiger partial charge in [0, 0.05) is 62.7 Å². The van der Waals surface area contributed by atoms with Crippen molar-refractivity contribution in [2.75, 3.05) is 33.2 Å². The van der Waals surface area contributed by atoms with E-state index < -0.39 is 0 Å². The first-order valence-corrected chi connectivity index (χ1v) is 10.8. The summed E-state index contributed by atoms with van der Waals surface area (Å²) < 4.78 is 0. The van der Waals surface area contributed by atoms with Gasteiger partial charge >= 0.3 is 0 Å². The number of hydrogen-bond donors (Lipinski definition) is 0. The largest absolute Gasteiger partial charge is 0.304 e. The molecule has 3 heterocycles. The van der Waals surface area contributed by atoms with Gasteiger partial charge in [0.15, 0.2) is 11.5 Å². The topological polar surface area (TPSA) is 73.1 Å². The van der Waals surface area contributed by atoms with E-state index in [2.05, 4.69) is 32.9 Å². The van der Waals surface area contributed by atoms with Crippen LogP contribution in [0.1, 0.15) is 26.5 Å². The number of carbonyl (C=O) groups is 1. The molecule has 0 N–H and O–H groups in total. The van der Waals surface area contributed by atoms with Crippen molar-refractivity contribution in [3.05, 3.63) is 70.5 Å². The highest BCUT2D eigenvalue weighted by atomic mass is 32.1. The second-order valence-electron chi connectivity index (χ2n) is 7.51. The van der Waals surface area contributed by atoms with E-state index in [-0.39, 0.29) is 12.2 Å². The summed E-state index contributed by atoms with van der Waals surface area (Å²) in [7, 11) is 2.15. The summed E-state index contributed by atoms with van der Waals surface area (Å²) in [6.07, 6.45) is 3.57. The van der Waals surface area contributed by atoms with Gasteiger partial charge in [-0.1, -0.05) is 24.3 Å². The minimum atomic E-state index is 0.00238. The molecule has 1 fully saturated rings. The van der Waals surface area contributed by atoms with E-state index in [1.807, 2.05) is 36.4 Å². The molecule has 3 aromatic rings. The zero-order valence-corrected chi connectivity index (χ0v) is 17.7. The third kappa shape index (κ3) is 4.79. The number of aromatic nitrogens is 2. The van der Waals surface area contributed by atoms with Gasteiger partial charge < -0.3 is 4.90 Å². The fourth-order valence-corrected chi connectivity index (χ4v) is 4.50. The molecule has 1 saturated heterocycles. The number of likely N-dealkylation sites (N-methyl/N-ethyl adjacent to an activating group) is 1. The third-order valence-corrected chi connectivity index (χ3v) is 6.43. The number of rotatable bonds is 6. The molecule has 0 bridgehead atoms. The van der Waals surface area contributed by atoms with Crippen molar-refractivity contribution in [3.63, 3.8) is 0 Å². The van der Waals surface area contributed by atoms with Gasteiger partial charge in [-0.25, -0.2) is 4.98 Å². The Labute approximate surface area is 180 Å². The molecule has 0 aliphatic carbocycles. The van der Waals surface area contributed by atoms with Crippen molar-refractivity contribution in [2.24, 2.45) is 0 Å². The van der Waals surface area contributed by atoms with Gasteiger partial charge in [0.1, 0.15) is 11.1 Å². The zero-order chi connectivity index (χ0) is 20.9. The molecule has 2 aromatic heterocycles. The van der Waals surface area contributed by atoms with Crippen LogP contribution in [0.15, 0.2) is 48.8 Å². The summed E-state index contributed by atoms with van der Waals surface area (Å²) >= 11 is 1.39. The molecular formula is C23H23N5OS. The van der Waals surface area contributed by atoms with Crippen molar-refractivity contribution in [1.29, 1.82) is 5.26 Å². The second-order valence-corrected chi connectivity index (χ2v) is 8.60. The molecule has 4 rings (SSSR count). The molecular weight excluding hydrogens is 394 g/mol. The average molecular weight is 418 g/mol. The van der Waals surface area contributed by atoms with E-state index in [0.29, 0.717) is 16.1 Å². The molecule has 1 aliphatic rings. The molecule has 1 aromatic carbocycles. The molecule has 0 radical (unpaired) electrons. The zero-order valence-electron chi connectivity index (χ0n) is 16.9. The van der Waals surface area contributed by atoms with Crippen molar-refractivity contribution in [2.45, 2.75) is 13.0 Å². The highest BCUT2D eigenvalue weighted by Gasteiger charge is 2.17. The van der Waals surface area contributed by atoms with E-state index in [0.717, 1.165) is 43.3 Å². The normalized spacial score (nSPS) is 15.1. The third-order valence-electron chi connectivity index (χ3n) is 5.33. The number of carbonyl (C=O) groups excluding carboxylic acids is 1. The Kier molecular flexibility index (Phi) is 6.29. The van der Waals surface area contributed by atoms with Crippen LogP contribution in [0.25, 0.3) is 10.6 Å². The van der Waals surface area contributed by atoms with E-state index in [9.17, 15) is 10.1 Å². The van der Waals surface area contributed by atoms with Gasteiger partial charge in [0.2, 0.25) is 0 Å². The van der Waals surface area contributed by atoms with Crippen LogP contribution >= 0.6 is 11.3 Å². The summed E-state index contributed by atoms with van der Waals surface area (Å²) in [5.41, 5.74) is 3.11. The van der Waals surface area contributed by atoms with Crippen molar-refractivity contribution in [3.8, 4) is 16.6 Å². The van der Waals surface area contributed by atoms with Crippen LogP contribution < -0.4 is 0 Å². The van der Waals surface area contributed by atoms with Crippen molar-refractivity contribution in [1.82, 2.24) is 19.8 Å². The minimum Gasteiger partial charge on any atom is -0.304 e. The second kappa shape index (κ2) is 9.26. The number of benzene rings is 1. The number of piperazine rings is 1. The molecule has 6 nitrogen and oxygen atoms in total. The Hall–Kier alpha value is -2.92. The SMILES string of the molecule is CN1CCN(Cc2ccc(C(=O)Cc3sc(-c4ccncc4)nc3C#N)cc2)CC1. The predicted octanol–water partition coefficient (Wildman–Crippen LogP) is 3.25. The number of ketones is 1. The molecule has 1 aliphatic heterocycles. The minimum absolute atomic E-state index is 0.00238. The standard InChI is InChI=1S/C23H23N5OS/c1-27-10-12-28(13-11-27)16-17-2-4-18(5-3-17)21(29)14-22-20(15-24)26-23(30-22)19-6-8-25-9-7-19/h2-9H,10-14,16H2,1H3. The molecule has 0 saturated carbocycles. The number of pyridine rings is 1. The lowest BCUT2D eigenvalue weighted by molar-refractivity contribution is 0.0993. The number of thiazole rings is 1. The van der Waals surface area contributed by atoms with Crippen LogP contribution in [0.2, 0.25) is 0 Å². The van der Waals surface area contributed by atoms with Gasteiger partial charge in [-0.15, -0.1) is 11.3 Å². The van der Waals surface area contributed by atoms with Crippen LogP contribution in [0, 0.1) is 11.3 Å². The van der Waals surface area contributed by atoms with Gasteiger partial charge in [0.25, 0.3) is 0 Å². The van der Waals surface area contributed by atoms with Crippen LogP contribution in [0.4, 0.5) is 0 Å². The van der Waals surface area contributed by atoms with Gasteiger partial charge in [-0.3, -0.25) is 14.7 Å². The highest BCUT2D eigenvalue weighted by Crippen LogP contribution is 2.28. The summed E-state index contributed by atoms with van der Waals surface area (Å²) in [6.45, 7) is 5.23. The van der Waals surface area contributed by atoms with Gasteiger partial charge in [-0.05, 0) is 24.7 Å².